The van der Waals surface area contributed by atoms with E-state index < -0.39 is 5.60 Å². The average molecular weight is 400 g/mol. The first-order valence-electron chi connectivity index (χ1n) is 9.75. The number of hydrogen-bond acceptors (Lipinski definition) is 5. The molecule has 0 saturated carbocycles. The maximum absolute atomic E-state index is 12.5. The van der Waals surface area contributed by atoms with E-state index in [1.54, 1.807) is 11.1 Å². The molecule has 1 fully saturated rings. The zero-order chi connectivity index (χ0) is 20.9. The fraction of sp³-hybridized carbons (Fsp3) is 0.476. The molecule has 8 nitrogen and oxygen atoms in total. The Hall–Kier alpha value is -2.87. The SMILES string of the molecule is CC(C)(C)OC(=O)N1CCC(NC(=O)c2ncc[nH]2)C(OCc2ccccc2)C1. The molecule has 2 N–H and O–H groups in total. The molecule has 2 unspecified atom stereocenters. The van der Waals surface area contributed by atoms with Crippen LogP contribution in [0.25, 0.3) is 0 Å². The highest BCUT2D eigenvalue weighted by Crippen LogP contribution is 2.19. The summed E-state index contributed by atoms with van der Waals surface area (Å²) in [6, 6.07) is 9.55. The number of aromatic amines is 1. The third-order valence-corrected chi connectivity index (χ3v) is 4.55. The normalized spacial score (nSPS) is 19.6. The number of carbonyl (C=O) groups is 2. The molecule has 3 rings (SSSR count). The number of hydrogen-bond donors (Lipinski definition) is 2. The number of piperidine rings is 1. The van der Waals surface area contributed by atoms with E-state index in [2.05, 4.69) is 15.3 Å². The van der Waals surface area contributed by atoms with E-state index in [4.69, 9.17) is 9.47 Å². The second kappa shape index (κ2) is 9.09. The van der Waals surface area contributed by atoms with Crippen LogP contribution in [0.2, 0.25) is 0 Å². The lowest BCUT2D eigenvalue weighted by atomic mass is 10.0. The van der Waals surface area contributed by atoms with E-state index in [0.717, 1.165) is 5.56 Å². The van der Waals surface area contributed by atoms with E-state index in [9.17, 15) is 9.59 Å². The molecule has 8 heteroatoms. The number of H-pyrrole nitrogens is 1. The van der Waals surface area contributed by atoms with Crippen LogP contribution < -0.4 is 5.32 Å². The molecule has 2 atom stereocenters. The Morgan fingerprint density at radius 3 is 2.69 bits per heavy atom. The summed E-state index contributed by atoms with van der Waals surface area (Å²) in [5, 5.41) is 2.98. The van der Waals surface area contributed by atoms with Gasteiger partial charge in [-0.3, -0.25) is 4.79 Å². The van der Waals surface area contributed by atoms with Gasteiger partial charge >= 0.3 is 6.09 Å². The highest BCUT2D eigenvalue weighted by atomic mass is 16.6. The van der Waals surface area contributed by atoms with Crippen molar-refractivity contribution in [2.24, 2.45) is 0 Å². The minimum atomic E-state index is -0.568. The van der Waals surface area contributed by atoms with Crippen LogP contribution in [0.3, 0.4) is 0 Å². The van der Waals surface area contributed by atoms with Crippen LogP contribution in [0.5, 0.6) is 0 Å². The molecule has 0 aliphatic carbocycles. The topological polar surface area (TPSA) is 96.5 Å². The van der Waals surface area contributed by atoms with Gasteiger partial charge in [0.1, 0.15) is 5.60 Å². The monoisotopic (exact) mass is 400 g/mol. The summed E-state index contributed by atoms with van der Waals surface area (Å²) >= 11 is 0. The summed E-state index contributed by atoms with van der Waals surface area (Å²) in [5.41, 5.74) is 0.458. The number of likely N-dealkylation sites (tertiary alicyclic amines) is 1. The molecule has 29 heavy (non-hydrogen) atoms. The number of nitrogens with one attached hydrogen (secondary N) is 2. The van der Waals surface area contributed by atoms with Crippen molar-refractivity contribution < 1.29 is 19.1 Å². The van der Waals surface area contributed by atoms with Gasteiger partial charge in [-0.2, -0.15) is 0 Å². The third-order valence-electron chi connectivity index (χ3n) is 4.55. The number of carbonyl (C=O) groups excluding carboxylic acids is 2. The molecule has 1 saturated heterocycles. The molecule has 1 aromatic heterocycles. The standard InChI is InChI=1S/C21H28N4O4/c1-21(2,3)29-20(27)25-12-9-16(24-19(26)18-22-10-11-23-18)17(13-25)28-14-15-7-5-4-6-8-15/h4-8,10-11,16-17H,9,12-14H2,1-3H3,(H,22,23)(H,24,26). The van der Waals surface area contributed by atoms with Gasteiger partial charge in [0, 0.05) is 18.9 Å². The third kappa shape index (κ3) is 6.05. The van der Waals surface area contributed by atoms with Gasteiger partial charge in [-0.05, 0) is 32.8 Å². The van der Waals surface area contributed by atoms with E-state index in [-0.39, 0.29) is 30.0 Å². The van der Waals surface area contributed by atoms with Gasteiger partial charge in [-0.1, -0.05) is 30.3 Å². The average Bonchev–Trinajstić information content (AvgIpc) is 3.21. The molecule has 2 aromatic rings. The number of nitrogens with zero attached hydrogens (tertiary/aromatic N) is 2. The largest absolute Gasteiger partial charge is 0.444 e. The van der Waals surface area contributed by atoms with Crippen molar-refractivity contribution >= 4 is 12.0 Å². The molecule has 0 radical (unpaired) electrons. The fourth-order valence-electron chi connectivity index (χ4n) is 3.15. The van der Waals surface area contributed by atoms with Crippen LogP contribution in [0.15, 0.2) is 42.7 Å². The van der Waals surface area contributed by atoms with Gasteiger partial charge in [0.05, 0.1) is 25.3 Å². The number of imidazole rings is 1. The molecule has 2 amide bonds. The first-order chi connectivity index (χ1) is 13.8. The van der Waals surface area contributed by atoms with Crippen LogP contribution in [-0.2, 0) is 16.1 Å². The Labute approximate surface area is 170 Å². The maximum atomic E-state index is 12.5. The number of rotatable bonds is 5. The van der Waals surface area contributed by atoms with Crippen LogP contribution in [0.4, 0.5) is 4.79 Å². The zero-order valence-electron chi connectivity index (χ0n) is 17.1. The Morgan fingerprint density at radius 2 is 2.03 bits per heavy atom. The lowest BCUT2D eigenvalue weighted by Crippen LogP contribution is -2.56. The summed E-state index contributed by atoms with van der Waals surface area (Å²) in [7, 11) is 0. The minimum absolute atomic E-state index is 0.241. The second-order valence-corrected chi connectivity index (χ2v) is 8.07. The molecular weight excluding hydrogens is 372 g/mol. The molecular formula is C21H28N4O4. The van der Waals surface area contributed by atoms with Crippen molar-refractivity contribution in [1.82, 2.24) is 20.2 Å². The Kier molecular flexibility index (Phi) is 6.53. The number of benzene rings is 1. The summed E-state index contributed by atoms with van der Waals surface area (Å²) in [6.07, 6.45) is 2.95. The molecule has 1 aliphatic heterocycles. The predicted molar refractivity (Wildman–Crippen MR) is 107 cm³/mol. The van der Waals surface area contributed by atoms with Crippen LogP contribution in [-0.4, -0.2) is 57.7 Å². The van der Waals surface area contributed by atoms with Gasteiger partial charge < -0.3 is 24.7 Å². The molecule has 1 aromatic carbocycles. The number of amides is 2. The van der Waals surface area contributed by atoms with Crippen LogP contribution in [0.1, 0.15) is 43.4 Å². The van der Waals surface area contributed by atoms with Crippen molar-refractivity contribution in [2.75, 3.05) is 13.1 Å². The molecule has 0 bridgehead atoms. The van der Waals surface area contributed by atoms with Crippen molar-refractivity contribution in [3.8, 4) is 0 Å². The van der Waals surface area contributed by atoms with Crippen molar-refractivity contribution in [3.05, 3.63) is 54.1 Å². The van der Waals surface area contributed by atoms with Gasteiger partial charge in [-0.25, -0.2) is 9.78 Å². The Morgan fingerprint density at radius 1 is 1.28 bits per heavy atom. The van der Waals surface area contributed by atoms with E-state index in [0.29, 0.717) is 26.1 Å². The summed E-state index contributed by atoms with van der Waals surface area (Å²) in [5.74, 6) is -0.0413. The number of aromatic nitrogens is 2. The van der Waals surface area contributed by atoms with E-state index in [1.807, 2.05) is 51.1 Å². The van der Waals surface area contributed by atoms with Crippen molar-refractivity contribution in [2.45, 2.75) is 51.5 Å². The minimum Gasteiger partial charge on any atom is -0.444 e. The predicted octanol–water partition coefficient (Wildman–Crippen LogP) is 2.73. The van der Waals surface area contributed by atoms with E-state index in [1.165, 1.54) is 6.20 Å². The molecule has 0 spiro atoms. The molecule has 1 aliphatic rings. The quantitative estimate of drug-likeness (QED) is 0.804. The zero-order valence-corrected chi connectivity index (χ0v) is 17.1. The summed E-state index contributed by atoms with van der Waals surface area (Å²) < 4.78 is 11.6. The fourth-order valence-corrected chi connectivity index (χ4v) is 3.15. The van der Waals surface area contributed by atoms with Gasteiger partial charge in [0.15, 0.2) is 5.82 Å². The van der Waals surface area contributed by atoms with Crippen molar-refractivity contribution in [3.63, 3.8) is 0 Å². The van der Waals surface area contributed by atoms with E-state index >= 15 is 0 Å². The van der Waals surface area contributed by atoms with Gasteiger partial charge in [0.25, 0.3) is 5.91 Å². The lowest BCUT2D eigenvalue weighted by molar-refractivity contribution is -0.0394. The van der Waals surface area contributed by atoms with Crippen molar-refractivity contribution in [1.29, 1.82) is 0 Å². The smallest absolute Gasteiger partial charge is 0.410 e. The highest BCUT2D eigenvalue weighted by molar-refractivity contribution is 5.90. The summed E-state index contributed by atoms with van der Waals surface area (Å²) in [4.78, 5) is 33.4. The molecule has 156 valence electrons. The Bertz CT molecular complexity index is 802. The first-order valence-corrected chi connectivity index (χ1v) is 9.75. The Balaban J connectivity index is 1.67. The molecule has 2 heterocycles. The number of ether oxygens (including phenoxy) is 2. The van der Waals surface area contributed by atoms with Gasteiger partial charge in [-0.15, -0.1) is 0 Å². The highest BCUT2D eigenvalue weighted by Gasteiger charge is 2.35. The second-order valence-electron chi connectivity index (χ2n) is 8.07. The first kappa shape index (κ1) is 20.9. The van der Waals surface area contributed by atoms with Gasteiger partial charge in [0.2, 0.25) is 0 Å². The van der Waals surface area contributed by atoms with Crippen LogP contribution >= 0.6 is 0 Å². The lowest BCUT2D eigenvalue weighted by Gasteiger charge is -2.39. The summed E-state index contributed by atoms with van der Waals surface area (Å²) in [6.45, 7) is 6.72. The maximum Gasteiger partial charge on any atom is 0.410 e. The van der Waals surface area contributed by atoms with Crippen LogP contribution in [0, 0.1) is 0 Å².